The maximum atomic E-state index is 10.9. The number of esters is 1. The lowest BCUT2D eigenvalue weighted by molar-refractivity contribution is -0.150. The van der Waals surface area contributed by atoms with E-state index in [0.717, 1.165) is 11.8 Å². The lowest BCUT2D eigenvalue weighted by Gasteiger charge is -2.10. The summed E-state index contributed by atoms with van der Waals surface area (Å²) < 4.78 is 9.25. The number of rotatable bonds is 4. The van der Waals surface area contributed by atoms with E-state index in [0.29, 0.717) is 5.75 Å². The highest BCUT2D eigenvalue weighted by atomic mass is 32.2. The number of hydrogen-bond acceptors (Lipinski definition) is 5. The molecule has 0 aromatic carbocycles. The van der Waals surface area contributed by atoms with Gasteiger partial charge in [-0.3, -0.25) is 4.79 Å². The van der Waals surface area contributed by atoms with E-state index in [1.54, 1.807) is 0 Å². The highest BCUT2D eigenvalue weighted by Crippen LogP contribution is 2.07. The standard InChI is InChI=1S/C7H12O4S/c1-5(8)12-4-6(10-2)7(9)11-3/h6H,4H2,1-3H3. The van der Waals surface area contributed by atoms with Crippen LogP contribution in [0.1, 0.15) is 6.92 Å². The van der Waals surface area contributed by atoms with Gasteiger partial charge in [-0.1, -0.05) is 11.8 Å². The molecule has 0 aromatic rings. The van der Waals surface area contributed by atoms with E-state index in [-0.39, 0.29) is 5.12 Å². The fourth-order valence-corrected chi connectivity index (χ4v) is 1.22. The first-order valence-corrected chi connectivity index (χ1v) is 4.34. The van der Waals surface area contributed by atoms with Crippen molar-refractivity contribution in [2.24, 2.45) is 0 Å². The van der Waals surface area contributed by atoms with Gasteiger partial charge in [0, 0.05) is 19.8 Å². The molecule has 70 valence electrons. The molecule has 0 amide bonds. The van der Waals surface area contributed by atoms with E-state index in [2.05, 4.69) is 4.74 Å². The first-order chi connectivity index (χ1) is 5.61. The number of carbonyl (C=O) groups is 2. The molecule has 0 aliphatic heterocycles. The van der Waals surface area contributed by atoms with Crippen molar-refractivity contribution in [3.63, 3.8) is 0 Å². The molecule has 0 aliphatic carbocycles. The van der Waals surface area contributed by atoms with Gasteiger partial charge in [-0.2, -0.15) is 0 Å². The Labute approximate surface area is 75.6 Å². The van der Waals surface area contributed by atoms with Crippen molar-refractivity contribution in [3.05, 3.63) is 0 Å². The minimum absolute atomic E-state index is 0.0408. The van der Waals surface area contributed by atoms with Gasteiger partial charge in [0.15, 0.2) is 11.2 Å². The van der Waals surface area contributed by atoms with Crippen molar-refractivity contribution in [1.29, 1.82) is 0 Å². The predicted octanol–water partition coefficient (Wildman–Crippen LogP) is 0.454. The maximum Gasteiger partial charge on any atom is 0.335 e. The smallest absolute Gasteiger partial charge is 0.335 e. The Morgan fingerprint density at radius 3 is 2.33 bits per heavy atom. The Hall–Kier alpha value is -0.550. The Morgan fingerprint density at radius 1 is 1.42 bits per heavy atom. The first-order valence-electron chi connectivity index (χ1n) is 3.35. The number of hydrogen-bond donors (Lipinski definition) is 0. The second-order valence-electron chi connectivity index (χ2n) is 2.05. The third-order valence-corrected chi connectivity index (χ3v) is 2.06. The van der Waals surface area contributed by atoms with Gasteiger partial charge < -0.3 is 9.47 Å². The Balaban J connectivity index is 3.83. The molecular formula is C7H12O4S. The lowest BCUT2D eigenvalue weighted by atomic mass is 10.4. The van der Waals surface area contributed by atoms with Gasteiger partial charge in [-0.15, -0.1) is 0 Å². The zero-order chi connectivity index (χ0) is 9.56. The topological polar surface area (TPSA) is 52.6 Å². The second kappa shape index (κ2) is 6.02. The molecule has 0 N–H and O–H groups in total. The lowest BCUT2D eigenvalue weighted by Crippen LogP contribution is -2.27. The zero-order valence-corrected chi connectivity index (χ0v) is 8.14. The summed E-state index contributed by atoms with van der Waals surface area (Å²) in [6.45, 7) is 1.44. The number of carbonyl (C=O) groups excluding carboxylic acids is 2. The van der Waals surface area contributed by atoms with Crippen LogP contribution < -0.4 is 0 Å². The van der Waals surface area contributed by atoms with E-state index in [1.165, 1.54) is 21.1 Å². The number of ether oxygens (including phenoxy) is 2. The van der Waals surface area contributed by atoms with E-state index in [1.807, 2.05) is 0 Å². The number of methoxy groups -OCH3 is 2. The Bertz CT molecular complexity index is 169. The van der Waals surface area contributed by atoms with E-state index >= 15 is 0 Å². The summed E-state index contributed by atoms with van der Waals surface area (Å²) in [5, 5.41) is -0.0408. The molecule has 0 heterocycles. The predicted molar refractivity (Wildman–Crippen MR) is 46.0 cm³/mol. The van der Waals surface area contributed by atoms with E-state index in [4.69, 9.17) is 4.74 Å². The molecule has 0 aromatic heterocycles. The van der Waals surface area contributed by atoms with Gasteiger partial charge in [-0.05, 0) is 0 Å². The molecule has 0 spiro atoms. The molecular weight excluding hydrogens is 180 g/mol. The number of thioether (sulfide) groups is 1. The molecule has 0 saturated heterocycles. The van der Waals surface area contributed by atoms with Gasteiger partial charge in [0.05, 0.1) is 7.11 Å². The van der Waals surface area contributed by atoms with Crippen molar-refractivity contribution >= 4 is 22.8 Å². The maximum absolute atomic E-state index is 10.9. The highest BCUT2D eigenvalue weighted by Gasteiger charge is 2.18. The highest BCUT2D eigenvalue weighted by molar-refractivity contribution is 8.13. The fraction of sp³-hybridized carbons (Fsp3) is 0.714. The van der Waals surface area contributed by atoms with Crippen LogP contribution in [0, 0.1) is 0 Å². The molecule has 0 bridgehead atoms. The average Bonchev–Trinajstić information content (AvgIpc) is 2.04. The minimum atomic E-state index is -0.649. The fourth-order valence-electron chi connectivity index (χ4n) is 0.557. The van der Waals surface area contributed by atoms with Crippen molar-refractivity contribution in [2.75, 3.05) is 20.0 Å². The SMILES string of the molecule is COC(=O)C(CSC(C)=O)OC. The van der Waals surface area contributed by atoms with E-state index in [9.17, 15) is 9.59 Å². The van der Waals surface area contributed by atoms with Crippen LogP contribution in [-0.2, 0) is 19.1 Å². The molecule has 0 saturated carbocycles. The van der Waals surface area contributed by atoms with Gasteiger partial charge in [0.1, 0.15) is 0 Å². The van der Waals surface area contributed by atoms with Gasteiger partial charge in [0.25, 0.3) is 0 Å². The van der Waals surface area contributed by atoms with Crippen LogP contribution in [0.4, 0.5) is 0 Å². The molecule has 1 unspecified atom stereocenters. The molecule has 0 rings (SSSR count). The summed E-state index contributed by atoms with van der Waals surface area (Å²) in [6.07, 6.45) is -0.649. The van der Waals surface area contributed by atoms with Crippen LogP contribution in [0.3, 0.4) is 0 Å². The van der Waals surface area contributed by atoms with Crippen LogP contribution in [0.15, 0.2) is 0 Å². The van der Waals surface area contributed by atoms with Crippen LogP contribution in [-0.4, -0.2) is 37.2 Å². The largest absolute Gasteiger partial charge is 0.467 e. The van der Waals surface area contributed by atoms with Crippen LogP contribution in [0.2, 0.25) is 0 Å². The second-order valence-corrected chi connectivity index (χ2v) is 3.25. The van der Waals surface area contributed by atoms with Crippen molar-refractivity contribution in [1.82, 2.24) is 0 Å². The summed E-state index contributed by atoms with van der Waals surface area (Å²) in [5.41, 5.74) is 0. The summed E-state index contributed by atoms with van der Waals surface area (Å²) in [5.74, 6) is -0.148. The zero-order valence-electron chi connectivity index (χ0n) is 7.33. The molecule has 0 aliphatic rings. The third-order valence-electron chi connectivity index (χ3n) is 1.19. The van der Waals surface area contributed by atoms with Crippen LogP contribution >= 0.6 is 11.8 Å². The monoisotopic (exact) mass is 192 g/mol. The molecule has 0 radical (unpaired) electrons. The summed E-state index contributed by atoms with van der Waals surface area (Å²) in [6, 6.07) is 0. The quantitative estimate of drug-likeness (QED) is 0.605. The minimum Gasteiger partial charge on any atom is -0.467 e. The third kappa shape index (κ3) is 4.35. The van der Waals surface area contributed by atoms with Crippen molar-refractivity contribution in [3.8, 4) is 0 Å². The normalized spacial score (nSPS) is 12.2. The molecule has 12 heavy (non-hydrogen) atoms. The molecule has 4 nitrogen and oxygen atoms in total. The summed E-state index contributed by atoms with van der Waals surface area (Å²) in [7, 11) is 2.69. The van der Waals surface area contributed by atoms with Gasteiger partial charge in [0.2, 0.25) is 0 Å². The summed E-state index contributed by atoms with van der Waals surface area (Å²) in [4.78, 5) is 21.4. The average molecular weight is 192 g/mol. The van der Waals surface area contributed by atoms with Crippen molar-refractivity contribution in [2.45, 2.75) is 13.0 Å². The Kier molecular flexibility index (Phi) is 5.74. The molecule has 0 fully saturated rings. The Morgan fingerprint density at radius 2 is 2.00 bits per heavy atom. The molecule has 5 heteroatoms. The van der Waals surface area contributed by atoms with Crippen molar-refractivity contribution < 1.29 is 19.1 Å². The molecule has 1 atom stereocenters. The van der Waals surface area contributed by atoms with Crippen LogP contribution in [0.25, 0.3) is 0 Å². The first kappa shape index (κ1) is 11.4. The van der Waals surface area contributed by atoms with E-state index < -0.39 is 12.1 Å². The van der Waals surface area contributed by atoms with Gasteiger partial charge in [-0.25, -0.2) is 4.79 Å². The van der Waals surface area contributed by atoms with Gasteiger partial charge >= 0.3 is 5.97 Å². The summed E-state index contributed by atoms with van der Waals surface area (Å²) >= 11 is 1.04. The van der Waals surface area contributed by atoms with Crippen LogP contribution in [0.5, 0.6) is 0 Å².